The average Bonchev–Trinajstić information content (AvgIpc) is 2.51. The number of aliphatic hydroxyl groups is 1. The summed E-state index contributed by atoms with van der Waals surface area (Å²) in [6.45, 7) is 2.78. The van der Waals surface area contributed by atoms with Gasteiger partial charge in [-0.1, -0.05) is 37.4 Å². The fourth-order valence-corrected chi connectivity index (χ4v) is 4.09. The second-order valence-corrected chi connectivity index (χ2v) is 7.64. The number of aliphatic hydroxyl groups excluding tert-OH is 1. The molecule has 0 spiro atoms. The summed E-state index contributed by atoms with van der Waals surface area (Å²) in [4.78, 5) is 0. The molecule has 1 saturated carbocycles. The molecular weight excluding hydrogens is 350 g/mol. The molecule has 3 N–H and O–H groups in total. The van der Waals surface area contributed by atoms with Crippen molar-refractivity contribution in [2.75, 3.05) is 6.54 Å². The van der Waals surface area contributed by atoms with Crippen molar-refractivity contribution in [2.24, 2.45) is 17.1 Å². The van der Waals surface area contributed by atoms with E-state index < -0.39 is 6.10 Å². The molecule has 1 unspecified atom stereocenters. The van der Waals surface area contributed by atoms with Crippen LogP contribution in [0.5, 0.6) is 0 Å². The Morgan fingerprint density at radius 1 is 1.43 bits per heavy atom. The van der Waals surface area contributed by atoms with Gasteiger partial charge in [0.1, 0.15) is 0 Å². The van der Waals surface area contributed by atoms with E-state index in [9.17, 15) is 5.11 Å². The summed E-state index contributed by atoms with van der Waals surface area (Å²) in [5.74, 6) is 0.804. The molecule has 1 aliphatic rings. The molecule has 0 saturated heterocycles. The topological polar surface area (TPSA) is 46.2 Å². The molecule has 2 nitrogen and oxygen atoms in total. The summed E-state index contributed by atoms with van der Waals surface area (Å²) in [5.41, 5.74) is 6.79. The molecule has 1 aromatic rings. The van der Waals surface area contributed by atoms with E-state index in [-0.39, 0.29) is 5.41 Å². The molecule has 0 amide bonds. The largest absolute Gasteiger partial charge is 0.388 e. The van der Waals surface area contributed by atoms with Gasteiger partial charge in [-0.25, -0.2) is 0 Å². The number of halogens is 2. The molecule has 1 atom stereocenters. The van der Waals surface area contributed by atoms with Gasteiger partial charge >= 0.3 is 0 Å². The van der Waals surface area contributed by atoms with E-state index in [0.29, 0.717) is 11.6 Å². The van der Waals surface area contributed by atoms with Gasteiger partial charge in [-0.05, 0) is 65.2 Å². The van der Waals surface area contributed by atoms with Crippen LogP contribution in [0, 0.1) is 11.3 Å². The van der Waals surface area contributed by atoms with Gasteiger partial charge in [0.05, 0.1) is 11.1 Å². The Bertz CT molecular complexity index is 472. The highest BCUT2D eigenvalue weighted by Gasteiger charge is 2.40. The van der Waals surface area contributed by atoms with Gasteiger partial charge in [0.25, 0.3) is 0 Å². The Hall–Kier alpha value is -0.0900. The van der Waals surface area contributed by atoms with Crippen LogP contribution < -0.4 is 5.73 Å². The van der Waals surface area contributed by atoms with E-state index in [1.165, 1.54) is 25.7 Å². The lowest BCUT2D eigenvalue weighted by molar-refractivity contribution is -0.0108. The van der Waals surface area contributed by atoms with E-state index in [1.54, 1.807) is 0 Å². The minimum atomic E-state index is -0.515. The van der Waals surface area contributed by atoms with Gasteiger partial charge in [-0.15, -0.1) is 0 Å². The van der Waals surface area contributed by atoms with Crippen LogP contribution in [-0.4, -0.2) is 11.7 Å². The van der Waals surface area contributed by atoms with Crippen LogP contribution in [0.1, 0.15) is 57.1 Å². The quantitative estimate of drug-likeness (QED) is 0.755. The van der Waals surface area contributed by atoms with E-state index in [0.717, 1.165) is 28.8 Å². The lowest BCUT2D eigenvalue weighted by Crippen LogP contribution is -2.40. The van der Waals surface area contributed by atoms with Gasteiger partial charge in [-0.3, -0.25) is 0 Å². The Kier molecular flexibility index (Phi) is 6.13. The van der Waals surface area contributed by atoms with Gasteiger partial charge in [0.2, 0.25) is 0 Å². The zero-order valence-electron chi connectivity index (χ0n) is 12.6. The molecule has 1 aliphatic carbocycles. The monoisotopic (exact) mass is 373 g/mol. The van der Waals surface area contributed by atoms with E-state index in [1.807, 2.05) is 18.2 Å². The Balaban J connectivity index is 2.15. The molecule has 21 heavy (non-hydrogen) atoms. The minimum Gasteiger partial charge on any atom is -0.388 e. The van der Waals surface area contributed by atoms with Gasteiger partial charge in [0, 0.05) is 16.4 Å². The van der Waals surface area contributed by atoms with Crippen molar-refractivity contribution in [2.45, 2.75) is 51.6 Å². The Morgan fingerprint density at radius 2 is 2.10 bits per heavy atom. The molecule has 0 bridgehead atoms. The highest BCUT2D eigenvalue weighted by atomic mass is 79.9. The van der Waals surface area contributed by atoms with Crippen LogP contribution in [-0.2, 0) is 0 Å². The predicted octanol–water partition coefficient (Wildman–Crippen LogP) is 5.07. The van der Waals surface area contributed by atoms with Crippen LogP contribution in [0.3, 0.4) is 0 Å². The SMILES string of the molecule is CCCC1CCC(CN)(C(O)c2ccc(Cl)c(Br)c2)CC1. The summed E-state index contributed by atoms with van der Waals surface area (Å²) in [6, 6.07) is 5.66. The lowest BCUT2D eigenvalue weighted by atomic mass is 9.65. The molecule has 118 valence electrons. The zero-order chi connectivity index (χ0) is 15.5. The second kappa shape index (κ2) is 7.45. The first-order valence-electron chi connectivity index (χ1n) is 7.85. The number of rotatable bonds is 5. The number of hydrogen-bond donors (Lipinski definition) is 2. The molecule has 1 aromatic carbocycles. The van der Waals surface area contributed by atoms with E-state index in [2.05, 4.69) is 22.9 Å². The van der Waals surface area contributed by atoms with Crippen LogP contribution in [0.2, 0.25) is 5.02 Å². The first-order chi connectivity index (χ1) is 10.0. The van der Waals surface area contributed by atoms with Crippen LogP contribution >= 0.6 is 27.5 Å². The smallest absolute Gasteiger partial charge is 0.0858 e. The van der Waals surface area contributed by atoms with E-state index in [4.69, 9.17) is 17.3 Å². The first-order valence-corrected chi connectivity index (χ1v) is 9.02. The maximum absolute atomic E-state index is 10.9. The van der Waals surface area contributed by atoms with Crippen molar-refractivity contribution in [3.05, 3.63) is 33.3 Å². The van der Waals surface area contributed by atoms with Crippen molar-refractivity contribution in [1.82, 2.24) is 0 Å². The van der Waals surface area contributed by atoms with Gasteiger partial charge < -0.3 is 10.8 Å². The number of benzene rings is 1. The standard InChI is InChI=1S/C17H25BrClNO/c1-2-3-12-6-8-17(11-20,9-7-12)16(21)13-4-5-15(19)14(18)10-13/h4-5,10,12,16,21H,2-3,6-9,11,20H2,1H3. The maximum atomic E-state index is 10.9. The fraction of sp³-hybridized carbons (Fsp3) is 0.647. The van der Waals surface area contributed by atoms with Crippen molar-refractivity contribution in [3.63, 3.8) is 0 Å². The Morgan fingerprint density at radius 3 is 2.62 bits per heavy atom. The molecule has 1 fully saturated rings. The maximum Gasteiger partial charge on any atom is 0.0858 e. The van der Waals surface area contributed by atoms with Crippen LogP contribution in [0.4, 0.5) is 0 Å². The zero-order valence-corrected chi connectivity index (χ0v) is 15.0. The third kappa shape index (κ3) is 3.82. The molecule has 2 rings (SSSR count). The average molecular weight is 375 g/mol. The summed E-state index contributed by atoms with van der Waals surface area (Å²) < 4.78 is 0.826. The Labute approximate surface area is 141 Å². The van der Waals surface area contributed by atoms with Gasteiger partial charge in [0.15, 0.2) is 0 Å². The minimum absolute atomic E-state index is 0.183. The third-order valence-electron chi connectivity index (χ3n) is 5.04. The fourth-order valence-electron chi connectivity index (χ4n) is 3.57. The molecule has 0 radical (unpaired) electrons. The second-order valence-electron chi connectivity index (χ2n) is 6.37. The van der Waals surface area contributed by atoms with Crippen LogP contribution in [0.15, 0.2) is 22.7 Å². The predicted molar refractivity (Wildman–Crippen MR) is 92.5 cm³/mol. The third-order valence-corrected chi connectivity index (χ3v) is 6.26. The number of hydrogen-bond acceptors (Lipinski definition) is 2. The van der Waals surface area contributed by atoms with Crippen molar-refractivity contribution >= 4 is 27.5 Å². The normalized spacial score (nSPS) is 27.6. The summed E-state index contributed by atoms with van der Waals surface area (Å²) in [5, 5.41) is 11.5. The first kappa shape index (κ1) is 17.3. The van der Waals surface area contributed by atoms with Gasteiger partial charge in [-0.2, -0.15) is 0 Å². The van der Waals surface area contributed by atoms with E-state index >= 15 is 0 Å². The molecule has 0 aliphatic heterocycles. The molecule has 4 heteroatoms. The molecular formula is C17H25BrClNO. The molecule has 0 aromatic heterocycles. The number of nitrogens with two attached hydrogens (primary N) is 1. The highest BCUT2D eigenvalue weighted by molar-refractivity contribution is 9.10. The van der Waals surface area contributed by atoms with Crippen molar-refractivity contribution in [3.8, 4) is 0 Å². The van der Waals surface area contributed by atoms with Crippen molar-refractivity contribution in [1.29, 1.82) is 0 Å². The highest BCUT2D eigenvalue weighted by Crippen LogP contribution is 2.48. The van der Waals surface area contributed by atoms with Crippen molar-refractivity contribution < 1.29 is 5.11 Å². The summed E-state index contributed by atoms with van der Waals surface area (Å²) in [6.07, 6.45) is 6.40. The van der Waals surface area contributed by atoms with Crippen LogP contribution in [0.25, 0.3) is 0 Å². The molecule has 0 heterocycles. The lowest BCUT2D eigenvalue weighted by Gasteiger charge is -2.43. The summed E-state index contributed by atoms with van der Waals surface area (Å²) >= 11 is 9.47. The summed E-state index contributed by atoms with van der Waals surface area (Å²) in [7, 11) is 0.